The van der Waals surface area contributed by atoms with Crippen LogP contribution in [0, 0.1) is 13.8 Å². The second-order valence-corrected chi connectivity index (χ2v) is 10.5. The first-order valence-electron chi connectivity index (χ1n) is 3.49. The van der Waals surface area contributed by atoms with E-state index >= 15 is 0 Å². The fourth-order valence-electron chi connectivity index (χ4n) is 1.02. The van der Waals surface area contributed by atoms with Gasteiger partial charge < -0.3 is 0 Å². The SMILES string of the molecule is Cc1cccc(P(=S)(Cl)Cl)c1C. The monoisotopic (exact) mass is 238 g/mol. The lowest BCUT2D eigenvalue weighted by molar-refractivity contribution is 1.37. The highest BCUT2D eigenvalue weighted by molar-refractivity contribution is 8.42. The molecule has 0 N–H and O–H groups in total. The van der Waals surface area contributed by atoms with Crippen molar-refractivity contribution in [3.05, 3.63) is 29.3 Å². The molecule has 0 aliphatic carbocycles. The van der Waals surface area contributed by atoms with Crippen LogP contribution in [0.15, 0.2) is 18.2 Å². The van der Waals surface area contributed by atoms with E-state index in [2.05, 4.69) is 0 Å². The van der Waals surface area contributed by atoms with E-state index in [1.54, 1.807) is 0 Å². The summed E-state index contributed by atoms with van der Waals surface area (Å²) in [7, 11) is 0. The Morgan fingerprint density at radius 2 is 1.83 bits per heavy atom. The molecule has 1 aromatic carbocycles. The molecule has 0 aliphatic heterocycles. The first-order valence-corrected chi connectivity index (χ1v) is 8.10. The quantitative estimate of drug-likeness (QED) is 0.673. The number of hydrogen-bond donors (Lipinski definition) is 0. The van der Waals surface area contributed by atoms with Gasteiger partial charge in [0.15, 0.2) is 0 Å². The summed E-state index contributed by atoms with van der Waals surface area (Å²) in [5.74, 6) is 0. The molecule has 0 spiro atoms. The summed E-state index contributed by atoms with van der Waals surface area (Å²) >= 11 is 16.9. The Hall–Kier alpha value is 0.450. The van der Waals surface area contributed by atoms with E-state index < -0.39 is 4.74 Å². The van der Waals surface area contributed by atoms with Crippen molar-refractivity contribution < 1.29 is 0 Å². The average Bonchev–Trinajstić information content (AvgIpc) is 1.92. The van der Waals surface area contributed by atoms with Crippen molar-refractivity contribution in [2.75, 3.05) is 0 Å². The molecular weight excluding hydrogens is 230 g/mol. The Bertz CT molecular complexity index is 343. The summed E-state index contributed by atoms with van der Waals surface area (Å²) in [5, 5.41) is 0.917. The molecule has 0 radical (unpaired) electrons. The number of aryl methyl sites for hydroxylation is 1. The molecule has 4 heteroatoms. The standard InChI is InChI=1S/C8H9Cl2PS/c1-6-4-3-5-8(7(6)2)11(9,10)12/h3-5H,1-2H3. The number of benzene rings is 1. The summed E-state index contributed by atoms with van der Waals surface area (Å²) in [5.41, 5.74) is 2.30. The van der Waals surface area contributed by atoms with Crippen molar-refractivity contribution in [1.82, 2.24) is 0 Å². The minimum absolute atomic E-state index is 0.917. The lowest BCUT2D eigenvalue weighted by Gasteiger charge is -2.10. The summed E-state index contributed by atoms with van der Waals surface area (Å²) in [6.07, 6.45) is 0. The molecule has 0 atom stereocenters. The number of rotatable bonds is 1. The van der Waals surface area contributed by atoms with Crippen molar-refractivity contribution in [3.8, 4) is 0 Å². The van der Waals surface area contributed by atoms with Crippen LogP contribution in [0.1, 0.15) is 11.1 Å². The van der Waals surface area contributed by atoms with Crippen LogP contribution in [-0.4, -0.2) is 0 Å². The van der Waals surface area contributed by atoms with Gasteiger partial charge in [-0.15, -0.1) is 0 Å². The highest BCUT2D eigenvalue weighted by atomic mass is 35.9. The van der Waals surface area contributed by atoms with Crippen LogP contribution >= 0.6 is 27.2 Å². The summed E-state index contributed by atoms with van der Waals surface area (Å²) in [4.78, 5) is 0. The number of halogens is 2. The molecule has 0 heterocycles. The molecule has 1 rings (SSSR count). The molecule has 0 amide bonds. The minimum atomic E-state index is -2.30. The summed E-state index contributed by atoms with van der Waals surface area (Å²) in [6, 6.07) is 5.87. The molecule has 0 aromatic heterocycles. The van der Waals surface area contributed by atoms with Gasteiger partial charge in [0.25, 0.3) is 0 Å². The summed E-state index contributed by atoms with van der Waals surface area (Å²) < 4.78 is -2.30. The molecule has 0 fully saturated rings. The molecular formula is C8H9Cl2PS. The smallest absolute Gasteiger partial charge is 0.0633 e. The average molecular weight is 239 g/mol. The van der Waals surface area contributed by atoms with Crippen LogP contribution in [0.2, 0.25) is 0 Å². The Labute approximate surface area is 87.5 Å². The van der Waals surface area contributed by atoms with Gasteiger partial charge in [-0.2, -0.15) is 0 Å². The Morgan fingerprint density at radius 1 is 1.25 bits per heavy atom. The lowest BCUT2D eigenvalue weighted by Crippen LogP contribution is -2.03. The molecule has 66 valence electrons. The Kier molecular flexibility index (Phi) is 3.22. The lowest BCUT2D eigenvalue weighted by atomic mass is 10.1. The van der Waals surface area contributed by atoms with Gasteiger partial charge in [-0.25, -0.2) is 0 Å². The molecule has 0 bridgehead atoms. The normalized spacial score (nSPS) is 11.7. The zero-order valence-electron chi connectivity index (χ0n) is 6.84. The summed E-state index contributed by atoms with van der Waals surface area (Å²) in [6.45, 7) is 4.02. The molecule has 1 aromatic rings. The van der Waals surface area contributed by atoms with Crippen LogP contribution in [-0.2, 0) is 11.8 Å². The predicted molar refractivity (Wildman–Crippen MR) is 61.5 cm³/mol. The third kappa shape index (κ3) is 2.23. The van der Waals surface area contributed by atoms with E-state index in [1.807, 2.05) is 32.0 Å². The zero-order chi connectivity index (χ0) is 9.35. The van der Waals surface area contributed by atoms with Gasteiger partial charge in [-0.1, -0.05) is 52.5 Å². The minimum Gasteiger partial charge on any atom is -0.0633 e. The van der Waals surface area contributed by atoms with Crippen molar-refractivity contribution in [2.45, 2.75) is 13.8 Å². The highest BCUT2D eigenvalue weighted by Gasteiger charge is 2.14. The third-order valence-electron chi connectivity index (χ3n) is 1.86. The van der Waals surface area contributed by atoms with E-state index in [0.717, 1.165) is 10.9 Å². The third-order valence-corrected chi connectivity index (χ3v) is 4.58. The van der Waals surface area contributed by atoms with Gasteiger partial charge in [0, 0.05) is 5.30 Å². The van der Waals surface area contributed by atoms with Crippen LogP contribution < -0.4 is 5.30 Å². The maximum absolute atomic E-state index is 5.93. The predicted octanol–water partition coefficient (Wildman–Crippen LogP) is 3.72. The van der Waals surface area contributed by atoms with Gasteiger partial charge in [0.1, 0.15) is 4.74 Å². The van der Waals surface area contributed by atoms with Gasteiger partial charge in [-0.3, -0.25) is 0 Å². The fourth-order valence-corrected chi connectivity index (χ4v) is 3.54. The Balaban J connectivity index is 3.36. The molecule has 0 nitrogen and oxygen atoms in total. The van der Waals surface area contributed by atoms with Crippen molar-refractivity contribution >= 4 is 44.3 Å². The molecule has 0 saturated carbocycles. The van der Waals surface area contributed by atoms with E-state index in [-0.39, 0.29) is 0 Å². The van der Waals surface area contributed by atoms with Crippen molar-refractivity contribution in [3.63, 3.8) is 0 Å². The van der Waals surface area contributed by atoms with Gasteiger partial charge in [0.05, 0.1) is 0 Å². The topological polar surface area (TPSA) is 0 Å². The van der Waals surface area contributed by atoms with Gasteiger partial charge in [0.2, 0.25) is 0 Å². The van der Waals surface area contributed by atoms with Crippen LogP contribution in [0.3, 0.4) is 0 Å². The molecule has 0 saturated heterocycles. The maximum Gasteiger partial charge on any atom is 0.147 e. The van der Waals surface area contributed by atoms with Crippen molar-refractivity contribution in [2.24, 2.45) is 0 Å². The van der Waals surface area contributed by atoms with Crippen LogP contribution in [0.4, 0.5) is 0 Å². The molecule has 0 aliphatic rings. The molecule has 12 heavy (non-hydrogen) atoms. The van der Waals surface area contributed by atoms with Crippen LogP contribution in [0.5, 0.6) is 0 Å². The fraction of sp³-hybridized carbons (Fsp3) is 0.250. The second-order valence-electron chi connectivity index (χ2n) is 2.68. The molecule has 0 unspecified atom stereocenters. The Morgan fingerprint density at radius 3 is 2.25 bits per heavy atom. The number of hydrogen-bond acceptors (Lipinski definition) is 1. The largest absolute Gasteiger partial charge is 0.147 e. The van der Waals surface area contributed by atoms with Gasteiger partial charge in [-0.05, 0) is 25.0 Å². The highest BCUT2D eigenvalue weighted by Crippen LogP contribution is 2.56. The van der Waals surface area contributed by atoms with E-state index in [1.165, 1.54) is 5.56 Å². The van der Waals surface area contributed by atoms with Gasteiger partial charge >= 0.3 is 0 Å². The second kappa shape index (κ2) is 3.67. The maximum atomic E-state index is 5.93. The van der Waals surface area contributed by atoms with E-state index in [0.29, 0.717) is 0 Å². The first-order chi connectivity index (χ1) is 5.43. The van der Waals surface area contributed by atoms with Crippen molar-refractivity contribution in [1.29, 1.82) is 0 Å². The van der Waals surface area contributed by atoms with E-state index in [4.69, 9.17) is 34.3 Å². The van der Waals surface area contributed by atoms with Crippen LogP contribution in [0.25, 0.3) is 0 Å². The zero-order valence-corrected chi connectivity index (χ0v) is 10.1. The van der Waals surface area contributed by atoms with E-state index in [9.17, 15) is 0 Å². The first kappa shape index (κ1) is 10.5.